The molecule has 0 bridgehead atoms. The Morgan fingerprint density at radius 3 is 2.67 bits per heavy atom. The molecule has 1 aromatic heterocycles. The van der Waals surface area contributed by atoms with Crippen molar-refractivity contribution in [3.63, 3.8) is 0 Å². The third-order valence-corrected chi connectivity index (χ3v) is 3.05. The third-order valence-electron chi connectivity index (χ3n) is 3.05. The van der Waals surface area contributed by atoms with Crippen molar-refractivity contribution in [3.8, 4) is 0 Å². The average molecular weight is 249 g/mol. The molecule has 0 unspecified atom stereocenters. The van der Waals surface area contributed by atoms with Gasteiger partial charge in [0.25, 0.3) is 5.91 Å². The van der Waals surface area contributed by atoms with Crippen molar-refractivity contribution in [2.45, 2.75) is 32.7 Å². The molecule has 1 heterocycles. The second-order valence-corrected chi connectivity index (χ2v) is 4.93. The van der Waals surface area contributed by atoms with Crippen LogP contribution < -0.4 is 11.3 Å². The largest absolute Gasteiger partial charge is 0.335 e. The van der Waals surface area contributed by atoms with Crippen LogP contribution in [0.1, 0.15) is 37.2 Å². The third kappa shape index (κ3) is 2.95. The average Bonchev–Trinajstić information content (AvgIpc) is 3.19. The van der Waals surface area contributed by atoms with E-state index >= 15 is 0 Å². The maximum atomic E-state index is 12.3. The summed E-state index contributed by atoms with van der Waals surface area (Å²) in [4.78, 5) is 22.3. The first-order valence-electron chi connectivity index (χ1n) is 6.21. The molecule has 1 aliphatic rings. The van der Waals surface area contributed by atoms with Crippen LogP contribution in [-0.4, -0.2) is 33.4 Å². The molecule has 0 spiro atoms. The number of rotatable bonds is 5. The van der Waals surface area contributed by atoms with Crippen molar-refractivity contribution >= 4 is 11.7 Å². The van der Waals surface area contributed by atoms with Crippen LogP contribution in [0, 0.1) is 5.92 Å². The summed E-state index contributed by atoms with van der Waals surface area (Å²) in [5, 5.41) is 0. The van der Waals surface area contributed by atoms with E-state index in [1.54, 1.807) is 0 Å². The lowest BCUT2D eigenvalue weighted by molar-refractivity contribution is 0.0689. The van der Waals surface area contributed by atoms with Gasteiger partial charge in [0.15, 0.2) is 5.82 Å². The molecule has 1 saturated carbocycles. The standard InChI is InChI=1S/C12H19N5O/c1-8(2)17(7-9-3-4-9)12(18)10-5-15-11(16-13)6-14-10/h5-6,8-9H,3-4,7,13H2,1-2H3,(H,15,16). The summed E-state index contributed by atoms with van der Waals surface area (Å²) in [5.74, 6) is 6.26. The van der Waals surface area contributed by atoms with E-state index in [9.17, 15) is 4.79 Å². The molecule has 0 radical (unpaired) electrons. The number of hydrogen-bond donors (Lipinski definition) is 2. The minimum atomic E-state index is -0.0621. The molecule has 18 heavy (non-hydrogen) atoms. The van der Waals surface area contributed by atoms with Crippen LogP contribution in [0.4, 0.5) is 5.82 Å². The number of nitrogen functional groups attached to an aromatic ring is 1. The summed E-state index contributed by atoms with van der Waals surface area (Å²) in [7, 11) is 0. The van der Waals surface area contributed by atoms with Crippen molar-refractivity contribution in [2.24, 2.45) is 11.8 Å². The van der Waals surface area contributed by atoms with Crippen molar-refractivity contribution in [2.75, 3.05) is 12.0 Å². The van der Waals surface area contributed by atoms with Gasteiger partial charge in [0.2, 0.25) is 0 Å². The van der Waals surface area contributed by atoms with E-state index in [4.69, 9.17) is 5.84 Å². The zero-order valence-corrected chi connectivity index (χ0v) is 10.8. The monoisotopic (exact) mass is 249 g/mol. The lowest BCUT2D eigenvalue weighted by Crippen LogP contribution is -2.39. The Morgan fingerprint density at radius 2 is 2.22 bits per heavy atom. The highest BCUT2D eigenvalue weighted by Crippen LogP contribution is 2.30. The summed E-state index contributed by atoms with van der Waals surface area (Å²) in [6.07, 6.45) is 5.36. The van der Waals surface area contributed by atoms with Gasteiger partial charge in [-0.1, -0.05) is 0 Å². The molecular formula is C12H19N5O. The molecule has 0 atom stereocenters. The number of carbonyl (C=O) groups excluding carboxylic acids is 1. The van der Waals surface area contributed by atoms with E-state index in [1.807, 2.05) is 18.7 Å². The van der Waals surface area contributed by atoms with Crippen LogP contribution in [0.3, 0.4) is 0 Å². The van der Waals surface area contributed by atoms with Gasteiger partial charge in [-0.25, -0.2) is 15.8 Å². The van der Waals surface area contributed by atoms with Gasteiger partial charge in [0, 0.05) is 12.6 Å². The Hall–Kier alpha value is -1.69. The van der Waals surface area contributed by atoms with E-state index in [2.05, 4.69) is 15.4 Å². The minimum absolute atomic E-state index is 0.0621. The van der Waals surface area contributed by atoms with E-state index < -0.39 is 0 Å². The summed E-state index contributed by atoms with van der Waals surface area (Å²) < 4.78 is 0. The zero-order chi connectivity index (χ0) is 13.1. The highest BCUT2D eigenvalue weighted by atomic mass is 16.2. The molecule has 1 amide bonds. The Kier molecular flexibility index (Phi) is 3.76. The van der Waals surface area contributed by atoms with Crippen molar-refractivity contribution in [1.82, 2.24) is 14.9 Å². The van der Waals surface area contributed by atoms with Crippen LogP contribution >= 0.6 is 0 Å². The first-order chi connectivity index (χ1) is 8.61. The number of aromatic nitrogens is 2. The van der Waals surface area contributed by atoms with Crippen molar-refractivity contribution < 1.29 is 4.79 Å². The van der Waals surface area contributed by atoms with Gasteiger partial charge in [-0.2, -0.15) is 0 Å². The molecule has 1 fully saturated rings. The molecule has 0 aromatic carbocycles. The predicted octanol–water partition coefficient (Wildman–Crippen LogP) is 1.02. The molecule has 0 saturated heterocycles. The minimum Gasteiger partial charge on any atom is -0.335 e. The number of nitrogens with one attached hydrogen (secondary N) is 1. The summed E-state index contributed by atoms with van der Waals surface area (Å²) in [5.41, 5.74) is 2.75. The Balaban J connectivity index is 2.10. The molecule has 1 aromatic rings. The highest BCUT2D eigenvalue weighted by Gasteiger charge is 2.29. The van der Waals surface area contributed by atoms with Gasteiger partial charge in [0.1, 0.15) is 5.69 Å². The molecule has 0 aliphatic heterocycles. The van der Waals surface area contributed by atoms with E-state index in [-0.39, 0.29) is 11.9 Å². The summed E-state index contributed by atoms with van der Waals surface area (Å²) in [6, 6.07) is 0.173. The number of nitrogens with zero attached hydrogens (tertiary/aromatic N) is 3. The number of amides is 1. The second kappa shape index (κ2) is 5.30. The highest BCUT2D eigenvalue weighted by molar-refractivity contribution is 5.92. The van der Waals surface area contributed by atoms with Crippen LogP contribution in [-0.2, 0) is 0 Å². The topological polar surface area (TPSA) is 84.1 Å². The van der Waals surface area contributed by atoms with Crippen LogP contribution in [0.2, 0.25) is 0 Å². The molecule has 3 N–H and O–H groups in total. The lowest BCUT2D eigenvalue weighted by atomic mass is 10.2. The maximum absolute atomic E-state index is 12.3. The van der Waals surface area contributed by atoms with E-state index in [0.29, 0.717) is 17.4 Å². The fourth-order valence-electron chi connectivity index (χ4n) is 1.77. The fourth-order valence-corrected chi connectivity index (χ4v) is 1.77. The van der Waals surface area contributed by atoms with Gasteiger partial charge in [-0.15, -0.1) is 0 Å². The van der Waals surface area contributed by atoms with Crippen molar-refractivity contribution in [3.05, 3.63) is 18.1 Å². The second-order valence-electron chi connectivity index (χ2n) is 4.93. The Labute approximate surface area is 107 Å². The maximum Gasteiger partial charge on any atom is 0.274 e. The molecule has 6 nitrogen and oxygen atoms in total. The molecule has 1 aliphatic carbocycles. The number of hydrazine groups is 1. The van der Waals surface area contributed by atoms with Crippen molar-refractivity contribution in [1.29, 1.82) is 0 Å². The quantitative estimate of drug-likeness (QED) is 0.601. The van der Waals surface area contributed by atoms with Gasteiger partial charge in [-0.3, -0.25) is 4.79 Å². The SMILES string of the molecule is CC(C)N(CC1CC1)C(=O)c1cnc(NN)cn1. The Bertz CT molecular complexity index is 413. The summed E-state index contributed by atoms with van der Waals surface area (Å²) in [6.45, 7) is 4.85. The molecule has 6 heteroatoms. The number of nitrogens with two attached hydrogens (primary N) is 1. The number of hydrogen-bond acceptors (Lipinski definition) is 5. The molecular weight excluding hydrogens is 230 g/mol. The van der Waals surface area contributed by atoms with E-state index in [0.717, 1.165) is 6.54 Å². The van der Waals surface area contributed by atoms with Gasteiger partial charge >= 0.3 is 0 Å². The first-order valence-corrected chi connectivity index (χ1v) is 6.21. The predicted molar refractivity (Wildman–Crippen MR) is 68.7 cm³/mol. The Morgan fingerprint density at radius 1 is 1.50 bits per heavy atom. The van der Waals surface area contributed by atoms with Gasteiger partial charge in [-0.05, 0) is 32.6 Å². The lowest BCUT2D eigenvalue weighted by Gasteiger charge is -2.26. The fraction of sp³-hybridized carbons (Fsp3) is 0.583. The normalized spacial score (nSPS) is 14.7. The van der Waals surface area contributed by atoms with Gasteiger partial charge in [0.05, 0.1) is 12.4 Å². The number of carbonyl (C=O) groups is 1. The van der Waals surface area contributed by atoms with Gasteiger partial charge < -0.3 is 10.3 Å². The zero-order valence-electron chi connectivity index (χ0n) is 10.8. The van der Waals surface area contributed by atoms with E-state index in [1.165, 1.54) is 25.2 Å². The van der Waals surface area contributed by atoms with Crippen LogP contribution in [0.5, 0.6) is 0 Å². The first kappa shape index (κ1) is 12.8. The summed E-state index contributed by atoms with van der Waals surface area (Å²) >= 11 is 0. The number of anilines is 1. The molecule has 98 valence electrons. The molecule has 2 rings (SSSR count). The van der Waals surface area contributed by atoms with Crippen LogP contribution in [0.25, 0.3) is 0 Å². The smallest absolute Gasteiger partial charge is 0.274 e. The van der Waals surface area contributed by atoms with Crippen LogP contribution in [0.15, 0.2) is 12.4 Å².